The Morgan fingerprint density at radius 2 is 1.88 bits per heavy atom. The molecule has 2 rings (SSSR count). The van der Waals surface area contributed by atoms with E-state index in [1.165, 1.54) is 0 Å². The van der Waals surface area contributed by atoms with Crippen LogP contribution in [0.1, 0.15) is 0 Å². The van der Waals surface area contributed by atoms with E-state index < -0.39 is 0 Å². The number of allylic oxidation sites excluding steroid dienone is 2. The van der Waals surface area contributed by atoms with Crippen LogP contribution >= 0.6 is 23.2 Å². The molecule has 0 saturated heterocycles. The lowest BCUT2D eigenvalue weighted by molar-refractivity contribution is 0.729. The van der Waals surface area contributed by atoms with Crippen molar-refractivity contribution >= 4 is 34.6 Å². The molecular formula is C11H11Cl2N3. The van der Waals surface area contributed by atoms with Crippen molar-refractivity contribution in [1.82, 2.24) is 5.43 Å². The number of hydrazine groups is 1. The number of anilines is 1. The lowest BCUT2D eigenvalue weighted by Crippen LogP contribution is -2.38. The minimum absolute atomic E-state index is 0.366. The van der Waals surface area contributed by atoms with Gasteiger partial charge >= 0.3 is 0 Å². The minimum atomic E-state index is 0.366. The van der Waals surface area contributed by atoms with E-state index >= 15 is 0 Å². The van der Waals surface area contributed by atoms with Gasteiger partial charge in [0.15, 0.2) is 0 Å². The van der Waals surface area contributed by atoms with Crippen LogP contribution in [0.3, 0.4) is 0 Å². The van der Waals surface area contributed by atoms with Crippen LogP contribution in [0.2, 0.25) is 0 Å². The average Bonchev–Trinajstić information content (AvgIpc) is 2.39. The second-order valence-electron chi connectivity index (χ2n) is 3.29. The van der Waals surface area contributed by atoms with Gasteiger partial charge in [0.1, 0.15) is 0 Å². The van der Waals surface area contributed by atoms with E-state index in [1.807, 2.05) is 36.4 Å². The van der Waals surface area contributed by atoms with Gasteiger partial charge in [0.2, 0.25) is 0 Å². The van der Waals surface area contributed by atoms with Crippen LogP contribution in [-0.2, 0) is 0 Å². The van der Waals surface area contributed by atoms with E-state index in [2.05, 4.69) is 10.5 Å². The van der Waals surface area contributed by atoms with Gasteiger partial charge in [0.25, 0.3) is 0 Å². The number of para-hydroxylation sites is 1. The number of rotatable bonds is 3. The van der Waals surface area contributed by atoms with Gasteiger partial charge in [-0.1, -0.05) is 18.2 Å². The zero-order valence-corrected chi connectivity index (χ0v) is 10.0. The summed E-state index contributed by atoms with van der Waals surface area (Å²) in [7, 11) is 0. The summed E-state index contributed by atoms with van der Waals surface area (Å²) in [6.07, 6.45) is 1.86. The molecule has 1 N–H and O–H groups in total. The summed E-state index contributed by atoms with van der Waals surface area (Å²) in [5.74, 6) is 0.768. The lowest BCUT2D eigenvalue weighted by Gasteiger charge is -2.26. The molecule has 1 aromatic carbocycles. The fraction of sp³-hybridized carbons (Fsp3) is 0.182. The molecule has 1 aromatic rings. The predicted molar refractivity (Wildman–Crippen MR) is 69.0 cm³/mol. The molecule has 1 heterocycles. The summed E-state index contributed by atoms with van der Waals surface area (Å²) in [6.45, 7) is 0. The standard InChI is InChI=1S/C11H11Cl2N3/c12-7-9-6-10(8-13)15-16(14-9)11-4-2-1-3-5-11/h1-6,14H,7-8H2. The van der Waals surface area contributed by atoms with Crippen LogP contribution in [0.5, 0.6) is 0 Å². The molecule has 1 aliphatic heterocycles. The Hall–Kier alpha value is -1.19. The Balaban J connectivity index is 2.25. The summed E-state index contributed by atoms with van der Waals surface area (Å²) in [5, 5.41) is 6.02. The third kappa shape index (κ3) is 2.49. The molecule has 0 radical (unpaired) electrons. The van der Waals surface area contributed by atoms with E-state index in [0.717, 1.165) is 17.1 Å². The van der Waals surface area contributed by atoms with Crippen LogP contribution in [0.4, 0.5) is 5.69 Å². The largest absolute Gasteiger partial charge is 0.281 e. The van der Waals surface area contributed by atoms with Gasteiger partial charge in [-0.3, -0.25) is 5.43 Å². The Morgan fingerprint density at radius 1 is 1.12 bits per heavy atom. The van der Waals surface area contributed by atoms with Crippen molar-refractivity contribution in [2.24, 2.45) is 5.10 Å². The quantitative estimate of drug-likeness (QED) is 0.842. The first kappa shape index (κ1) is 11.3. The Bertz CT molecular complexity index is 414. The van der Waals surface area contributed by atoms with E-state index in [1.54, 1.807) is 5.12 Å². The van der Waals surface area contributed by atoms with Crippen molar-refractivity contribution in [3.8, 4) is 0 Å². The number of nitrogens with one attached hydrogen (secondary N) is 1. The van der Waals surface area contributed by atoms with Gasteiger partial charge in [-0.05, 0) is 18.2 Å². The highest BCUT2D eigenvalue weighted by Crippen LogP contribution is 2.16. The molecule has 0 amide bonds. The Kier molecular flexibility index (Phi) is 3.70. The maximum Gasteiger partial charge on any atom is 0.0834 e. The number of hydrogen-bond acceptors (Lipinski definition) is 3. The highest BCUT2D eigenvalue weighted by atomic mass is 35.5. The molecular weight excluding hydrogens is 245 g/mol. The van der Waals surface area contributed by atoms with Gasteiger partial charge < -0.3 is 0 Å². The molecule has 0 fully saturated rings. The molecule has 0 aliphatic carbocycles. The molecule has 0 saturated carbocycles. The molecule has 3 nitrogen and oxygen atoms in total. The van der Waals surface area contributed by atoms with Gasteiger partial charge in [0, 0.05) is 0 Å². The van der Waals surface area contributed by atoms with E-state index in [4.69, 9.17) is 23.2 Å². The van der Waals surface area contributed by atoms with Crippen molar-refractivity contribution in [1.29, 1.82) is 0 Å². The first-order valence-electron chi connectivity index (χ1n) is 4.85. The van der Waals surface area contributed by atoms with Crippen molar-refractivity contribution in [2.45, 2.75) is 0 Å². The lowest BCUT2D eigenvalue weighted by atomic mass is 10.3. The Labute approximate surface area is 104 Å². The molecule has 0 spiro atoms. The molecule has 1 aliphatic rings. The summed E-state index contributed by atoms with van der Waals surface area (Å²) < 4.78 is 0. The average molecular weight is 256 g/mol. The van der Waals surface area contributed by atoms with Crippen molar-refractivity contribution in [3.63, 3.8) is 0 Å². The predicted octanol–water partition coefficient (Wildman–Crippen LogP) is 2.73. The Morgan fingerprint density at radius 3 is 2.50 bits per heavy atom. The molecule has 0 bridgehead atoms. The van der Waals surface area contributed by atoms with Crippen LogP contribution in [0.15, 0.2) is 47.2 Å². The zero-order valence-electron chi connectivity index (χ0n) is 8.53. The first-order valence-corrected chi connectivity index (χ1v) is 5.92. The monoisotopic (exact) mass is 255 g/mol. The van der Waals surface area contributed by atoms with Crippen LogP contribution in [0, 0.1) is 0 Å². The van der Waals surface area contributed by atoms with Crippen LogP contribution in [0.25, 0.3) is 0 Å². The smallest absolute Gasteiger partial charge is 0.0834 e. The first-order chi connectivity index (χ1) is 7.83. The third-order valence-electron chi connectivity index (χ3n) is 2.10. The fourth-order valence-corrected chi connectivity index (χ4v) is 1.64. The molecule has 0 aromatic heterocycles. The fourth-order valence-electron chi connectivity index (χ4n) is 1.38. The van der Waals surface area contributed by atoms with E-state index in [0.29, 0.717) is 11.8 Å². The summed E-state index contributed by atoms with van der Waals surface area (Å²) in [6, 6.07) is 9.77. The number of hydrazone groups is 1. The molecule has 5 heteroatoms. The molecule has 0 unspecified atom stereocenters. The second kappa shape index (κ2) is 5.23. The molecule has 84 valence electrons. The van der Waals surface area contributed by atoms with E-state index in [-0.39, 0.29) is 0 Å². The van der Waals surface area contributed by atoms with Gasteiger partial charge in [-0.15, -0.1) is 23.2 Å². The normalized spacial score (nSPS) is 15.2. The zero-order chi connectivity index (χ0) is 11.4. The summed E-state index contributed by atoms with van der Waals surface area (Å²) >= 11 is 11.6. The van der Waals surface area contributed by atoms with Crippen molar-refractivity contribution < 1.29 is 0 Å². The summed E-state index contributed by atoms with van der Waals surface area (Å²) in [4.78, 5) is 0. The number of halogens is 2. The van der Waals surface area contributed by atoms with Crippen LogP contribution in [-0.4, -0.2) is 17.5 Å². The number of alkyl halides is 2. The maximum atomic E-state index is 5.80. The van der Waals surface area contributed by atoms with Crippen molar-refractivity contribution in [2.75, 3.05) is 16.9 Å². The highest BCUT2D eigenvalue weighted by Gasteiger charge is 2.12. The van der Waals surface area contributed by atoms with E-state index in [9.17, 15) is 0 Å². The van der Waals surface area contributed by atoms with Gasteiger partial charge in [-0.2, -0.15) is 10.2 Å². The molecule has 16 heavy (non-hydrogen) atoms. The highest BCUT2D eigenvalue weighted by molar-refractivity contribution is 6.31. The second-order valence-corrected chi connectivity index (χ2v) is 3.82. The number of benzene rings is 1. The maximum absolute atomic E-state index is 5.80. The number of hydrogen-bond donors (Lipinski definition) is 1. The number of nitrogens with zero attached hydrogens (tertiary/aromatic N) is 2. The topological polar surface area (TPSA) is 27.6 Å². The minimum Gasteiger partial charge on any atom is -0.281 e. The third-order valence-corrected chi connectivity index (χ3v) is 2.66. The van der Waals surface area contributed by atoms with Crippen LogP contribution < -0.4 is 10.5 Å². The molecule has 0 atom stereocenters. The summed E-state index contributed by atoms with van der Waals surface area (Å²) in [5.41, 5.74) is 5.72. The SMILES string of the molecule is ClCC1=CC(CCl)=NN(c2ccccc2)N1. The van der Waals surface area contributed by atoms with Crippen molar-refractivity contribution in [3.05, 3.63) is 42.1 Å². The van der Waals surface area contributed by atoms with Gasteiger partial charge in [-0.25, -0.2) is 0 Å². The van der Waals surface area contributed by atoms with Gasteiger partial charge in [0.05, 0.1) is 28.9 Å².